The van der Waals surface area contributed by atoms with E-state index in [4.69, 9.17) is 0 Å². The Morgan fingerprint density at radius 3 is 2.79 bits per heavy atom. The van der Waals surface area contributed by atoms with E-state index in [-0.39, 0.29) is 18.4 Å². The molecular weight excluding hydrogens is 451 g/mol. The summed E-state index contributed by atoms with van der Waals surface area (Å²) in [5, 5.41) is 5.71. The number of rotatable bonds is 8. The van der Waals surface area contributed by atoms with Crippen molar-refractivity contribution in [1.82, 2.24) is 25.6 Å². The summed E-state index contributed by atoms with van der Waals surface area (Å²) >= 11 is 1.46. The summed E-state index contributed by atoms with van der Waals surface area (Å²) in [6, 6.07) is 0.282. The molecule has 0 aromatic carbocycles. The van der Waals surface area contributed by atoms with Crippen LogP contribution in [-0.4, -0.2) is 59.7 Å². The van der Waals surface area contributed by atoms with Crippen molar-refractivity contribution in [2.75, 3.05) is 26.7 Å². The number of nitrogens with one attached hydrogen (secondary N) is 2. The second-order valence-electron chi connectivity index (χ2n) is 9.60. The lowest BCUT2D eigenvalue weighted by Crippen LogP contribution is -2.38. The fourth-order valence-electron chi connectivity index (χ4n) is 5.00. The van der Waals surface area contributed by atoms with Crippen molar-refractivity contribution in [3.63, 3.8) is 0 Å². The first-order chi connectivity index (χ1) is 15.7. The van der Waals surface area contributed by atoms with Gasteiger partial charge in [0.2, 0.25) is 5.91 Å². The highest BCUT2D eigenvalue weighted by Gasteiger charge is 2.29. The van der Waals surface area contributed by atoms with Crippen LogP contribution < -0.4 is 10.7 Å². The topological polar surface area (TPSA) is 60.5 Å². The zero-order valence-corrected chi connectivity index (χ0v) is 20.0. The lowest BCUT2D eigenvalue weighted by atomic mass is 9.84. The predicted octanol–water partition coefficient (Wildman–Crippen LogP) is 3.79. The van der Waals surface area contributed by atoms with Gasteiger partial charge in [-0.25, -0.2) is 10.4 Å². The molecule has 184 valence electrons. The first kappa shape index (κ1) is 24.5. The summed E-state index contributed by atoms with van der Waals surface area (Å²) in [4.78, 5) is 20.4. The minimum absolute atomic E-state index is 0.00746. The number of nitrogens with zero attached hydrogens (tertiary/aromatic N) is 3. The van der Waals surface area contributed by atoms with Gasteiger partial charge in [-0.15, -0.1) is 11.3 Å². The monoisotopic (exact) mass is 485 g/mol. The number of hydrogen-bond donors (Lipinski definition) is 2. The quantitative estimate of drug-likeness (QED) is 0.587. The highest BCUT2D eigenvalue weighted by atomic mass is 32.1. The average molecular weight is 486 g/mol. The van der Waals surface area contributed by atoms with Crippen LogP contribution in [0.1, 0.15) is 60.5 Å². The highest BCUT2D eigenvalue weighted by Crippen LogP contribution is 2.31. The fraction of sp³-hybridized carbons (Fsp3) is 0.739. The molecule has 1 amide bonds. The van der Waals surface area contributed by atoms with Crippen molar-refractivity contribution in [2.24, 2.45) is 5.92 Å². The predicted molar refractivity (Wildman–Crippen MR) is 122 cm³/mol. The Kier molecular flexibility index (Phi) is 7.96. The zero-order chi connectivity index (χ0) is 23.4. The molecule has 0 atom stereocenters. The van der Waals surface area contributed by atoms with Gasteiger partial charge in [0.15, 0.2) is 0 Å². The highest BCUT2D eigenvalue weighted by molar-refractivity contribution is 7.11. The first-order valence-electron chi connectivity index (χ1n) is 12.0. The van der Waals surface area contributed by atoms with Crippen molar-refractivity contribution in [1.29, 1.82) is 0 Å². The van der Waals surface area contributed by atoms with E-state index in [1.54, 1.807) is 0 Å². The molecule has 6 nitrogen and oxygen atoms in total. The van der Waals surface area contributed by atoms with Gasteiger partial charge in [-0.3, -0.25) is 9.69 Å². The molecule has 4 rings (SSSR count). The van der Waals surface area contributed by atoms with Gasteiger partial charge < -0.3 is 10.3 Å². The van der Waals surface area contributed by atoms with Crippen LogP contribution in [-0.2, 0) is 24.2 Å². The van der Waals surface area contributed by atoms with E-state index in [1.165, 1.54) is 11.3 Å². The number of hydrazine groups is 1. The average Bonchev–Trinajstić information content (AvgIpc) is 3.36. The van der Waals surface area contributed by atoms with E-state index >= 15 is 0 Å². The fourth-order valence-corrected chi connectivity index (χ4v) is 6.06. The molecule has 1 aromatic heterocycles. The molecule has 10 heteroatoms. The Morgan fingerprint density at radius 1 is 1.30 bits per heavy atom. The molecule has 33 heavy (non-hydrogen) atoms. The van der Waals surface area contributed by atoms with Crippen molar-refractivity contribution in [2.45, 2.75) is 76.6 Å². The molecule has 2 aliphatic heterocycles. The number of carbonyl (C=O) groups is 1. The van der Waals surface area contributed by atoms with E-state index in [0.29, 0.717) is 17.3 Å². The lowest BCUT2D eigenvalue weighted by Gasteiger charge is -2.32. The number of amides is 1. The maximum Gasteiger partial charge on any atom is 0.389 e. The molecule has 0 radical (unpaired) electrons. The largest absolute Gasteiger partial charge is 0.389 e. The third-order valence-electron chi connectivity index (χ3n) is 6.86. The third-order valence-corrected chi connectivity index (χ3v) is 8.08. The molecule has 0 saturated heterocycles. The summed E-state index contributed by atoms with van der Waals surface area (Å²) < 4.78 is 37.5. The molecule has 1 saturated carbocycles. The number of halogens is 3. The smallest absolute Gasteiger partial charge is 0.353 e. The SMILES string of the molecule is CN1C=C(CC(=O)NC2CCC(CCN3CCc4sc(CCC(F)(F)F)nc4C3)CC2)CN1. The summed E-state index contributed by atoms with van der Waals surface area (Å²) in [6.07, 6.45) is 3.87. The minimum atomic E-state index is -4.12. The van der Waals surface area contributed by atoms with Gasteiger partial charge in [0.05, 0.1) is 17.1 Å². The Bertz CT molecular complexity index is 848. The molecule has 3 aliphatic rings. The van der Waals surface area contributed by atoms with Gasteiger partial charge in [0.1, 0.15) is 0 Å². The molecule has 3 heterocycles. The van der Waals surface area contributed by atoms with Gasteiger partial charge in [0, 0.05) is 56.6 Å². The van der Waals surface area contributed by atoms with Crippen molar-refractivity contribution in [3.05, 3.63) is 27.4 Å². The second kappa shape index (κ2) is 10.7. The van der Waals surface area contributed by atoms with Crippen LogP contribution in [0, 0.1) is 5.92 Å². The van der Waals surface area contributed by atoms with Crippen LogP contribution in [0.5, 0.6) is 0 Å². The molecule has 2 N–H and O–H groups in total. The summed E-state index contributed by atoms with van der Waals surface area (Å²) in [5.41, 5.74) is 5.25. The van der Waals surface area contributed by atoms with E-state index in [1.807, 2.05) is 18.3 Å². The third kappa shape index (κ3) is 7.42. The summed E-state index contributed by atoms with van der Waals surface area (Å²) in [7, 11) is 1.93. The minimum Gasteiger partial charge on any atom is -0.353 e. The number of carbonyl (C=O) groups excluding carboxylic acids is 1. The molecule has 1 aliphatic carbocycles. The van der Waals surface area contributed by atoms with Gasteiger partial charge in [0.25, 0.3) is 0 Å². The first-order valence-corrected chi connectivity index (χ1v) is 12.8. The Hall–Kier alpha value is -1.65. The number of thiazole rings is 1. The number of aromatic nitrogens is 1. The standard InChI is InChI=1S/C23H34F3N5OS/c1-30-14-17(13-27-30)12-21(32)28-18-4-2-16(3-5-18)7-10-31-11-8-20-19(15-31)29-22(33-20)6-9-23(24,25)26/h14,16,18,27H,2-13,15H2,1H3,(H,28,32). The second-order valence-corrected chi connectivity index (χ2v) is 10.8. The van der Waals surface area contributed by atoms with Crippen LogP contribution in [0.15, 0.2) is 11.8 Å². The van der Waals surface area contributed by atoms with E-state index in [0.717, 1.165) is 80.8 Å². The molecular formula is C23H34F3N5OS. The Balaban J connectivity index is 1.14. The summed E-state index contributed by atoms with van der Waals surface area (Å²) in [5.74, 6) is 0.788. The van der Waals surface area contributed by atoms with E-state index in [9.17, 15) is 18.0 Å². The van der Waals surface area contributed by atoms with Gasteiger partial charge >= 0.3 is 6.18 Å². The van der Waals surface area contributed by atoms with Crippen molar-refractivity contribution < 1.29 is 18.0 Å². The van der Waals surface area contributed by atoms with Gasteiger partial charge in [-0.05, 0) is 56.6 Å². The maximum absolute atomic E-state index is 12.5. The van der Waals surface area contributed by atoms with Crippen molar-refractivity contribution >= 4 is 17.2 Å². The molecule has 0 spiro atoms. The zero-order valence-electron chi connectivity index (χ0n) is 19.2. The number of fused-ring (bicyclic) bond motifs is 1. The van der Waals surface area contributed by atoms with E-state index in [2.05, 4.69) is 20.6 Å². The number of aryl methyl sites for hydroxylation is 1. The van der Waals surface area contributed by atoms with Gasteiger partial charge in [-0.1, -0.05) is 0 Å². The van der Waals surface area contributed by atoms with Crippen LogP contribution in [0.3, 0.4) is 0 Å². The molecule has 1 fully saturated rings. The molecule has 0 unspecified atom stereocenters. The van der Waals surface area contributed by atoms with Gasteiger partial charge in [-0.2, -0.15) is 13.2 Å². The number of hydrogen-bond acceptors (Lipinski definition) is 6. The number of alkyl halides is 3. The van der Waals surface area contributed by atoms with Crippen LogP contribution in [0.25, 0.3) is 0 Å². The van der Waals surface area contributed by atoms with Crippen LogP contribution in [0.4, 0.5) is 13.2 Å². The Labute approximate surface area is 197 Å². The maximum atomic E-state index is 12.5. The van der Waals surface area contributed by atoms with E-state index < -0.39 is 12.6 Å². The lowest BCUT2D eigenvalue weighted by molar-refractivity contribution is -0.134. The Morgan fingerprint density at radius 2 is 2.09 bits per heavy atom. The normalized spacial score (nSPS) is 24.0. The van der Waals surface area contributed by atoms with Crippen LogP contribution >= 0.6 is 11.3 Å². The molecule has 0 bridgehead atoms. The van der Waals surface area contributed by atoms with Crippen molar-refractivity contribution in [3.8, 4) is 0 Å². The summed E-state index contributed by atoms with van der Waals surface area (Å²) in [6.45, 7) is 3.46. The molecule has 1 aromatic rings. The van der Waals surface area contributed by atoms with Crippen LogP contribution in [0.2, 0.25) is 0 Å².